The molecule has 0 radical (unpaired) electrons. The molecule has 0 aliphatic heterocycles. The van der Waals surface area contributed by atoms with Crippen molar-refractivity contribution < 1.29 is 0 Å². The molecule has 0 N–H and O–H groups in total. The van der Waals surface area contributed by atoms with Crippen molar-refractivity contribution in [1.82, 2.24) is 39.0 Å². The van der Waals surface area contributed by atoms with Gasteiger partial charge in [-0.05, 0) is 150 Å². The molecule has 4 aromatic heterocycles. The van der Waals surface area contributed by atoms with E-state index >= 15 is 0 Å². The fourth-order valence-corrected chi connectivity index (χ4v) is 11.7. The van der Waals surface area contributed by atoms with Gasteiger partial charge in [0.05, 0.1) is 33.4 Å². The molecule has 14 rings (SSSR count). The third kappa shape index (κ3) is 9.58. The quantitative estimate of drug-likeness (QED) is 0.151. The van der Waals surface area contributed by atoms with E-state index in [4.69, 9.17) is 29.9 Å². The Labute approximate surface area is 478 Å². The van der Waals surface area contributed by atoms with Gasteiger partial charge in [-0.1, -0.05) is 168 Å². The normalized spacial score (nSPS) is 11.4. The van der Waals surface area contributed by atoms with Gasteiger partial charge in [0, 0.05) is 54.9 Å². The highest BCUT2D eigenvalue weighted by molar-refractivity contribution is 6.11. The molecule has 10 aromatic carbocycles. The molecule has 0 fully saturated rings. The number of benzene rings is 10. The van der Waals surface area contributed by atoms with Gasteiger partial charge in [-0.2, -0.15) is 0 Å². The number of fused-ring (bicyclic) bond motifs is 6. The zero-order chi connectivity index (χ0) is 56.2. The zero-order valence-corrected chi connectivity index (χ0v) is 47.4. The zero-order valence-electron chi connectivity index (χ0n) is 47.4. The second-order valence-electron chi connectivity index (χ2n) is 21.7. The van der Waals surface area contributed by atoms with Gasteiger partial charge in [-0.25, -0.2) is 29.9 Å². The van der Waals surface area contributed by atoms with E-state index in [9.17, 15) is 0 Å². The molecule has 0 amide bonds. The van der Waals surface area contributed by atoms with Crippen molar-refractivity contribution in [2.75, 3.05) is 0 Å². The minimum absolute atomic E-state index is 0.668. The fourth-order valence-electron chi connectivity index (χ4n) is 11.7. The van der Waals surface area contributed by atoms with Crippen LogP contribution in [0.2, 0.25) is 0 Å². The van der Waals surface area contributed by atoms with Crippen molar-refractivity contribution in [3.05, 3.63) is 263 Å². The summed E-state index contributed by atoms with van der Waals surface area (Å²) in [5.74, 6) is 4.01. The second kappa shape index (κ2) is 21.1. The van der Waals surface area contributed by atoms with E-state index in [1.165, 1.54) is 99.5 Å². The van der Waals surface area contributed by atoms with Crippen LogP contribution in [-0.4, -0.2) is 39.0 Å². The second-order valence-corrected chi connectivity index (χ2v) is 21.7. The summed E-state index contributed by atoms with van der Waals surface area (Å²) in [5, 5.41) is 5.13. The smallest absolute Gasteiger partial charge is 0.164 e. The largest absolute Gasteiger partial charge is 0.309 e. The Morgan fingerprint density at radius 3 is 0.646 bits per heavy atom. The van der Waals surface area contributed by atoms with Crippen LogP contribution < -0.4 is 0 Å². The van der Waals surface area contributed by atoms with Gasteiger partial charge in [0.2, 0.25) is 0 Å². The lowest BCUT2D eigenvalue weighted by Crippen LogP contribution is -2.03. The van der Waals surface area contributed by atoms with Crippen LogP contribution in [0.3, 0.4) is 0 Å². The summed E-state index contributed by atoms with van der Waals surface area (Å²) in [6.07, 6.45) is 0. The molecule has 8 heteroatoms. The van der Waals surface area contributed by atoms with Crippen LogP contribution in [0.1, 0.15) is 44.5 Å². The molecule has 0 spiro atoms. The topological polar surface area (TPSA) is 87.2 Å². The van der Waals surface area contributed by atoms with Crippen LogP contribution in [0.4, 0.5) is 0 Å². The maximum absolute atomic E-state index is 4.96. The van der Waals surface area contributed by atoms with Crippen molar-refractivity contribution in [2.24, 2.45) is 0 Å². The first-order valence-corrected chi connectivity index (χ1v) is 27.9. The molecule has 8 nitrogen and oxygen atoms in total. The standard InChI is InChI=1S/2C37H30N4/c2*1-23-15-17-32-30(19-23)31-20-24(2)16-18-33(31)41(32)34-25(3)21-29(22-26(34)4)37-39-35(27-11-7-5-8-12-27)38-36(40-37)28-13-9-6-10-14-28/h2*5-22H,1-4H3. The van der Waals surface area contributed by atoms with E-state index in [-0.39, 0.29) is 0 Å². The highest BCUT2D eigenvalue weighted by Crippen LogP contribution is 2.39. The summed E-state index contributed by atoms with van der Waals surface area (Å²) in [6, 6.07) is 76.3. The monoisotopic (exact) mass is 1060 g/mol. The first-order chi connectivity index (χ1) is 39.9. The number of aryl methyl sites for hydroxylation is 8. The SMILES string of the molecule is Cc1ccc2c(c1)c1cc(C)ccc1n2-c1c(C)cc(-c2nc(-c3ccccc3)nc(-c3ccccc3)n2)cc1C.Cc1ccc2c(c1)c1cc(C)ccc1n2-c1c(C)cc(-c2nc(-c3ccccc3)nc(-c3ccccc3)n2)cc1C. The third-order valence-electron chi connectivity index (χ3n) is 15.5. The van der Waals surface area contributed by atoms with Crippen molar-refractivity contribution >= 4 is 43.6 Å². The Kier molecular flexibility index (Phi) is 13.2. The van der Waals surface area contributed by atoms with Gasteiger partial charge in [0.15, 0.2) is 34.9 Å². The summed E-state index contributed by atoms with van der Waals surface area (Å²) in [4.78, 5) is 29.6. The first-order valence-electron chi connectivity index (χ1n) is 27.9. The lowest BCUT2D eigenvalue weighted by molar-refractivity contribution is 1.07. The van der Waals surface area contributed by atoms with Crippen LogP contribution in [0.25, 0.3) is 123 Å². The van der Waals surface area contributed by atoms with Gasteiger partial charge in [0.25, 0.3) is 0 Å². The molecular formula is C74H60N8. The maximum atomic E-state index is 4.96. The summed E-state index contributed by atoms with van der Waals surface area (Å²) >= 11 is 0. The van der Waals surface area contributed by atoms with E-state index in [0.717, 1.165) is 33.4 Å². The highest BCUT2D eigenvalue weighted by atomic mass is 15.0. The van der Waals surface area contributed by atoms with Crippen LogP contribution in [0.5, 0.6) is 0 Å². The lowest BCUT2D eigenvalue weighted by atomic mass is 10.0. The Balaban J connectivity index is 0.000000154. The summed E-state index contributed by atoms with van der Waals surface area (Å²) in [6.45, 7) is 17.4. The minimum atomic E-state index is 0.668. The summed E-state index contributed by atoms with van der Waals surface area (Å²) < 4.78 is 4.83. The van der Waals surface area contributed by atoms with E-state index in [1.54, 1.807) is 0 Å². The Morgan fingerprint density at radius 1 is 0.220 bits per heavy atom. The maximum Gasteiger partial charge on any atom is 0.164 e. The number of rotatable bonds is 8. The van der Waals surface area contributed by atoms with E-state index in [1.807, 2.05) is 121 Å². The molecule has 0 aliphatic carbocycles. The predicted octanol–water partition coefficient (Wildman–Crippen LogP) is 18.4. The van der Waals surface area contributed by atoms with Gasteiger partial charge in [0.1, 0.15) is 0 Å². The van der Waals surface area contributed by atoms with Gasteiger partial charge >= 0.3 is 0 Å². The van der Waals surface area contributed by atoms with Gasteiger partial charge in [-0.15, -0.1) is 0 Å². The fraction of sp³-hybridized carbons (Fsp3) is 0.108. The summed E-state index contributed by atoms with van der Waals surface area (Å²) in [7, 11) is 0. The molecule has 396 valence electrons. The van der Waals surface area contributed by atoms with E-state index in [0.29, 0.717) is 34.9 Å². The molecule has 0 atom stereocenters. The van der Waals surface area contributed by atoms with Gasteiger partial charge in [-0.3, -0.25) is 0 Å². The highest BCUT2D eigenvalue weighted by Gasteiger charge is 2.21. The number of nitrogens with zero attached hydrogens (tertiary/aromatic N) is 8. The molecule has 4 heterocycles. The molecular weight excluding hydrogens is 1000 g/mol. The first kappa shape index (κ1) is 51.3. The van der Waals surface area contributed by atoms with E-state index in [2.05, 4.69) is 162 Å². The molecule has 14 aromatic rings. The molecule has 0 saturated heterocycles. The molecule has 0 saturated carbocycles. The Morgan fingerprint density at radius 2 is 0.427 bits per heavy atom. The van der Waals surface area contributed by atoms with Crippen LogP contribution in [-0.2, 0) is 0 Å². The average Bonchev–Trinajstić information content (AvgIpc) is 4.21. The van der Waals surface area contributed by atoms with Crippen LogP contribution in [0.15, 0.2) is 218 Å². The van der Waals surface area contributed by atoms with Crippen LogP contribution >= 0.6 is 0 Å². The number of aromatic nitrogens is 8. The van der Waals surface area contributed by atoms with Crippen molar-refractivity contribution in [3.8, 4) is 79.7 Å². The van der Waals surface area contributed by atoms with Crippen molar-refractivity contribution in [1.29, 1.82) is 0 Å². The van der Waals surface area contributed by atoms with E-state index < -0.39 is 0 Å². The molecule has 0 unspecified atom stereocenters. The number of hydrogen-bond acceptors (Lipinski definition) is 6. The minimum Gasteiger partial charge on any atom is -0.309 e. The number of hydrogen-bond donors (Lipinski definition) is 0. The van der Waals surface area contributed by atoms with Gasteiger partial charge < -0.3 is 9.13 Å². The molecule has 0 bridgehead atoms. The molecule has 82 heavy (non-hydrogen) atoms. The third-order valence-corrected chi connectivity index (χ3v) is 15.5. The Hall–Kier alpha value is -10.2. The van der Waals surface area contributed by atoms with Crippen LogP contribution in [0, 0.1) is 55.4 Å². The molecule has 0 aliphatic rings. The Bertz CT molecular complexity index is 4170. The average molecular weight is 1060 g/mol. The van der Waals surface area contributed by atoms with Crippen molar-refractivity contribution in [3.63, 3.8) is 0 Å². The lowest BCUT2D eigenvalue weighted by Gasteiger charge is -2.17. The van der Waals surface area contributed by atoms with Crippen molar-refractivity contribution in [2.45, 2.75) is 55.4 Å². The predicted molar refractivity (Wildman–Crippen MR) is 339 cm³/mol. The summed E-state index contributed by atoms with van der Waals surface area (Å²) in [5.41, 5.74) is 22.8.